The van der Waals surface area contributed by atoms with Crippen molar-refractivity contribution >= 4 is 34.7 Å². The van der Waals surface area contributed by atoms with Crippen LogP contribution in [0.3, 0.4) is 0 Å². The number of Topliss-reactive ketones (excluding diaryl/α,β-unsaturated/α-hetero) is 1. The molecule has 24 heavy (non-hydrogen) atoms. The highest BCUT2D eigenvalue weighted by molar-refractivity contribution is 7.99. The molecule has 3 heterocycles. The van der Waals surface area contributed by atoms with Crippen LogP contribution in [0.1, 0.15) is 27.4 Å². The molecule has 0 aliphatic rings. The summed E-state index contributed by atoms with van der Waals surface area (Å²) >= 11 is 2.84. The highest BCUT2D eigenvalue weighted by Crippen LogP contribution is 2.24. The molecule has 0 radical (unpaired) electrons. The zero-order valence-corrected chi connectivity index (χ0v) is 15.2. The van der Waals surface area contributed by atoms with E-state index < -0.39 is 0 Å². The summed E-state index contributed by atoms with van der Waals surface area (Å²) in [4.78, 5) is 25.4. The normalized spacial score (nSPS) is 11.0. The third-order valence-electron chi connectivity index (χ3n) is 3.53. The fourth-order valence-electron chi connectivity index (χ4n) is 2.50. The Morgan fingerprint density at radius 3 is 2.75 bits per heavy atom. The van der Waals surface area contributed by atoms with Gasteiger partial charge in [-0.3, -0.25) is 9.36 Å². The number of rotatable bonds is 5. The second-order valence-electron chi connectivity index (χ2n) is 5.36. The van der Waals surface area contributed by atoms with Crippen LogP contribution in [0.25, 0.3) is 5.13 Å². The Hall–Kier alpha value is -2.19. The Morgan fingerprint density at radius 2 is 2.08 bits per heavy atom. The summed E-state index contributed by atoms with van der Waals surface area (Å²) in [6, 6.07) is 3.61. The molecule has 0 aromatic carbocycles. The van der Waals surface area contributed by atoms with Gasteiger partial charge in [0.2, 0.25) is 0 Å². The predicted octanol–water partition coefficient (Wildman–Crippen LogP) is 3.21. The van der Waals surface area contributed by atoms with Crippen LogP contribution in [0.4, 0.5) is 5.82 Å². The molecule has 3 aromatic rings. The molecule has 6 nitrogen and oxygen atoms in total. The lowest BCUT2D eigenvalue weighted by atomic mass is 10.2. The van der Waals surface area contributed by atoms with Gasteiger partial charge in [0, 0.05) is 40.3 Å². The molecule has 0 bridgehead atoms. The van der Waals surface area contributed by atoms with E-state index in [4.69, 9.17) is 5.73 Å². The van der Waals surface area contributed by atoms with Crippen LogP contribution in [-0.2, 0) is 0 Å². The Morgan fingerprint density at radius 1 is 1.29 bits per heavy atom. The van der Waals surface area contributed by atoms with Crippen LogP contribution < -0.4 is 5.73 Å². The number of aromatic nitrogens is 4. The molecule has 0 unspecified atom stereocenters. The smallest absolute Gasteiger partial charge is 0.193 e. The summed E-state index contributed by atoms with van der Waals surface area (Å²) < 4.78 is 2.00. The van der Waals surface area contributed by atoms with E-state index in [0.29, 0.717) is 16.5 Å². The molecule has 124 valence electrons. The standard InChI is InChI=1S/C16H17N5OS2/c1-9-6-14(17)20-15(19-9)24-8-13(22)12-7-10(2)21(11(12)3)16-18-4-5-23-16/h4-7H,8H2,1-3H3,(H2,17,19,20). The number of thiazole rings is 1. The summed E-state index contributed by atoms with van der Waals surface area (Å²) in [5.74, 6) is 0.726. The van der Waals surface area contributed by atoms with E-state index in [2.05, 4.69) is 15.0 Å². The van der Waals surface area contributed by atoms with Crippen LogP contribution in [0, 0.1) is 20.8 Å². The van der Waals surface area contributed by atoms with Gasteiger partial charge in [0.15, 0.2) is 16.1 Å². The highest BCUT2D eigenvalue weighted by Gasteiger charge is 2.18. The molecule has 0 saturated carbocycles. The third kappa shape index (κ3) is 3.34. The molecule has 8 heteroatoms. The first-order valence-electron chi connectivity index (χ1n) is 7.31. The molecule has 0 fully saturated rings. The van der Waals surface area contributed by atoms with Gasteiger partial charge in [-0.15, -0.1) is 11.3 Å². The molecule has 0 saturated heterocycles. The van der Waals surface area contributed by atoms with Gasteiger partial charge in [-0.05, 0) is 26.8 Å². The van der Waals surface area contributed by atoms with Crippen molar-refractivity contribution in [3.63, 3.8) is 0 Å². The van der Waals surface area contributed by atoms with Gasteiger partial charge < -0.3 is 5.73 Å². The largest absolute Gasteiger partial charge is 0.384 e. The van der Waals surface area contributed by atoms with Crippen LogP contribution in [0.2, 0.25) is 0 Å². The summed E-state index contributed by atoms with van der Waals surface area (Å²) in [7, 11) is 0. The predicted molar refractivity (Wildman–Crippen MR) is 97.2 cm³/mol. The van der Waals surface area contributed by atoms with Crippen molar-refractivity contribution in [2.24, 2.45) is 0 Å². The Bertz CT molecular complexity index is 866. The topological polar surface area (TPSA) is 86.7 Å². The van der Waals surface area contributed by atoms with Crippen molar-refractivity contribution in [2.45, 2.75) is 25.9 Å². The molecule has 0 atom stereocenters. The van der Waals surface area contributed by atoms with E-state index in [1.165, 1.54) is 11.8 Å². The molecular formula is C16H17N5OS2. The number of carbonyl (C=O) groups is 1. The zero-order chi connectivity index (χ0) is 17.3. The summed E-state index contributed by atoms with van der Waals surface area (Å²) in [5, 5.41) is 3.31. The summed E-state index contributed by atoms with van der Waals surface area (Å²) in [6.45, 7) is 5.77. The van der Waals surface area contributed by atoms with Crippen molar-refractivity contribution in [3.05, 3.63) is 46.4 Å². The average Bonchev–Trinajstić information content (AvgIpc) is 3.12. The molecule has 2 N–H and O–H groups in total. The minimum Gasteiger partial charge on any atom is -0.384 e. The monoisotopic (exact) mass is 359 g/mol. The van der Waals surface area contributed by atoms with E-state index >= 15 is 0 Å². The number of nitrogen functional groups attached to an aromatic ring is 1. The average molecular weight is 359 g/mol. The number of nitrogens with two attached hydrogens (primary N) is 1. The zero-order valence-electron chi connectivity index (χ0n) is 13.6. The summed E-state index contributed by atoms with van der Waals surface area (Å²) in [5.41, 5.74) is 9.11. The van der Waals surface area contributed by atoms with E-state index in [1.807, 2.05) is 36.8 Å². The van der Waals surface area contributed by atoms with E-state index in [1.54, 1.807) is 23.6 Å². The molecule has 0 spiro atoms. The van der Waals surface area contributed by atoms with Gasteiger partial charge in [-0.1, -0.05) is 11.8 Å². The molecule has 0 aliphatic heterocycles. The molecule has 0 amide bonds. The van der Waals surface area contributed by atoms with Crippen molar-refractivity contribution in [1.29, 1.82) is 0 Å². The van der Waals surface area contributed by atoms with Crippen LogP contribution in [0.5, 0.6) is 0 Å². The lowest BCUT2D eigenvalue weighted by Gasteiger charge is -2.05. The molecule has 3 rings (SSSR count). The quantitative estimate of drug-likeness (QED) is 0.428. The first-order valence-corrected chi connectivity index (χ1v) is 9.18. The second-order valence-corrected chi connectivity index (χ2v) is 7.18. The van der Waals surface area contributed by atoms with Gasteiger partial charge in [0.1, 0.15) is 5.82 Å². The van der Waals surface area contributed by atoms with Gasteiger partial charge >= 0.3 is 0 Å². The maximum absolute atomic E-state index is 12.6. The van der Waals surface area contributed by atoms with Gasteiger partial charge in [-0.25, -0.2) is 15.0 Å². The lowest BCUT2D eigenvalue weighted by Crippen LogP contribution is -2.06. The third-order valence-corrected chi connectivity index (χ3v) is 5.13. The molecule has 3 aromatic heterocycles. The van der Waals surface area contributed by atoms with Crippen molar-refractivity contribution < 1.29 is 4.79 Å². The van der Waals surface area contributed by atoms with Gasteiger partial charge in [0.05, 0.1) is 5.75 Å². The molecular weight excluding hydrogens is 342 g/mol. The van der Waals surface area contributed by atoms with Crippen molar-refractivity contribution in [1.82, 2.24) is 19.5 Å². The number of ketones is 1. The van der Waals surface area contributed by atoms with Crippen LogP contribution in [0.15, 0.2) is 28.9 Å². The number of nitrogens with zero attached hydrogens (tertiary/aromatic N) is 4. The molecule has 0 aliphatic carbocycles. The number of hydrogen-bond acceptors (Lipinski definition) is 7. The maximum atomic E-state index is 12.6. The Labute approximate surface area is 148 Å². The maximum Gasteiger partial charge on any atom is 0.193 e. The van der Waals surface area contributed by atoms with Crippen molar-refractivity contribution in [2.75, 3.05) is 11.5 Å². The number of aryl methyl sites for hydroxylation is 2. The Kier molecular flexibility index (Phi) is 4.68. The van der Waals surface area contributed by atoms with Crippen LogP contribution >= 0.6 is 23.1 Å². The highest BCUT2D eigenvalue weighted by atomic mass is 32.2. The van der Waals surface area contributed by atoms with Crippen molar-refractivity contribution in [3.8, 4) is 5.13 Å². The van der Waals surface area contributed by atoms with E-state index in [9.17, 15) is 4.79 Å². The van der Waals surface area contributed by atoms with Gasteiger partial charge in [0.25, 0.3) is 0 Å². The number of anilines is 1. The minimum absolute atomic E-state index is 0.0413. The number of carbonyl (C=O) groups excluding carboxylic acids is 1. The van der Waals surface area contributed by atoms with E-state index in [0.717, 1.165) is 22.2 Å². The first-order chi connectivity index (χ1) is 11.5. The first kappa shape index (κ1) is 16.7. The SMILES string of the molecule is Cc1cc(N)nc(SCC(=O)c2cc(C)n(-c3nccs3)c2C)n1. The minimum atomic E-state index is 0.0413. The van der Waals surface area contributed by atoms with Crippen LogP contribution in [-0.4, -0.2) is 31.1 Å². The lowest BCUT2D eigenvalue weighted by molar-refractivity contribution is 0.102. The fourth-order valence-corrected chi connectivity index (χ4v) is 4.05. The van der Waals surface area contributed by atoms with Gasteiger partial charge in [-0.2, -0.15) is 0 Å². The Balaban J connectivity index is 1.80. The fraction of sp³-hybridized carbons (Fsp3) is 0.250. The van der Waals surface area contributed by atoms with E-state index in [-0.39, 0.29) is 11.5 Å². The number of thioether (sulfide) groups is 1. The second kappa shape index (κ2) is 6.74. The summed E-state index contributed by atoms with van der Waals surface area (Å²) in [6.07, 6.45) is 1.76. The number of hydrogen-bond donors (Lipinski definition) is 1.